The van der Waals surface area contributed by atoms with Crippen molar-refractivity contribution in [2.75, 3.05) is 0 Å². The van der Waals surface area contributed by atoms with Crippen LogP contribution in [0.4, 0.5) is 0 Å². The number of aryl methyl sites for hydroxylation is 1. The molecule has 0 bridgehead atoms. The van der Waals surface area contributed by atoms with E-state index in [1.165, 1.54) is 27.4 Å². The number of aromatic nitrogens is 1. The Morgan fingerprint density at radius 3 is 2.21 bits per heavy atom. The first-order chi connectivity index (χ1) is 8.97. The lowest BCUT2D eigenvalue weighted by Crippen LogP contribution is -2.14. The lowest BCUT2D eigenvalue weighted by atomic mass is 9.87. The lowest BCUT2D eigenvalue weighted by Gasteiger charge is -2.21. The van der Waals surface area contributed by atoms with Crippen LogP contribution < -0.4 is 0 Å². The molecule has 1 heterocycles. The molecule has 0 saturated carbocycles. The Morgan fingerprint density at radius 1 is 0.842 bits per heavy atom. The summed E-state index contributed by atoms with van der Waals surface area (Å²) in [5, 5.41) is 3.83. The third kappa shape index (κ3) is 1.99. The van der Waals surface area contributed by atoms with Gasteiger partial charge in [0.2, 0.25) is 0 Å². The van der Waals surface area contributed by atoms with E-state index in [1.54, 1.807) is 0 Å². The van der Waals surface area contributed by atoms with Crippen LogP contribution in [-0.2, 0) is 5.41 Å². The van der Waals surface area contributed by atoms with Gasteiger partial charge >= 0.3 is 0 Å². The van der Waals surface area contributed by atoms with Gasteiger partial charge in [-0.1, -0.05) is 56.7 Å². The zero-order valence-corrected chi connectivity index (χ0v) is 12.0. The highest BCUT2D eigenvalue weighted by Crippen LogP contribution is 2.33. The van der Waals surface area contributed by atoms with E-state index in [9.17, 15) is 0 Å². The molecule has 96 valence electrons. The zero-order chi connectivity index (χ0) is 13.6. The van der Waals surface area contributed by atoms with Crippen LogP contribution in [0.5, 0.6) is 0 Å². The largest absolute Gasteiger partial charge is 0.252 e. The third-order valence-corrected chi connectivity index (χ3v) is 3.57. The van der Waals surface area contributed by atoms with Crippen molar-refractivity contribution in [3.63, 3.8) is 0 Å². The third-order valence-electron chi connectivity index (χ3n) is 3.57. The normalized spacial score (nSPS) is 12.2. The second-order valence-corrected chi connectivity index (χ2v) is 6.28. The first-order valence-corrected chi connectivity index (χ1v) is 6.76. The molecule has 1 nitrogen and oxygen atoms in total. The zero-order valence-electron chi connectivity index (χ0n) is 12.0. The maximum absolute atomic E-state index is 4.92. The quantitative estimate of drug-likeness (QED) is 0.511. The average Bonchev–Trinajstić information content (AvgIpc) is 2.37. The molecule has 0 saturated heterocycles. The number of benzene rings is 2. The molecule has 2 aromatic carbocycles. The van der Waals surface area contributed by atoms with E-state index >= 15 is 0 Å². The predicted molar refractivity (Wildman–Crippen MR) is 82.7 cm³/mol. The number of hydrogen-bond acceptors (Lipinski definition) is 1. The molecular weight excluding hydrogens is 230 g/mol. The summed E-state index contributed by atoms with van der Waals surface area (Å²) in [6.07, 6.45) is 0. The van der Waals surface area contributed by atoms with Crippen LogP contribution in [0.15, 0.2) is 42.5 Å². The minimum atomic E-state index is 0.0542. The first kappa shape index (κ1) is 12.2. The number of rotatable bonds is 0. The highest BCUT2D eigenvalue weighted by Gasteiger charge is 2.20. The molecule has 0 N–H and O–H groups in total. The summed E-state index contributed by atoms with van der Waals surface area (Å²) in [5.41, 5.74) is 3.61. The van der Waals surface area contributed by atoms with E-state index in [4.69, 9.17) is 4.98 Å². The second-order valence-electron chi connectivity index (χ2n) is 6.28. The van der Waals surface area contributed by atoms with Crippen LogP contribution in [-0.4, -0.2) is 4.98 Å². The Bertz CT molecular complexity index is 764. The molecule has 3 rings (SSSR count). The molecule has 19 heavy (non-hydrogen) atoms. The first-order valence-electron chi connectivity index (χ1n) is 6.76. The highest BCUT2D eigenvalue weighted by molar-refractivity contribution is 6.07. The van der Waals surface area contributed by atoms with Crippen LogP contribution in [0, 0.1) is 6.92 Å². The summed E-state index contributed by atoms with van der Waals surface area (Å²) in [4.78, 5) is 4.92. The Hall–Kier alpha value is -1.89. The number of fused-ring (bicyclic) bond motifs is 3. The maximum atomic E-state index is 4.92. The van der Waals surface area contributed by atoms with Gasteiger partial charge in [0.1, 0.15) is 0 Å². The van der Waals surface area contributed by atoms with E-state index in [0.717, 1.165) is 5.52 Å². The summed E-state index contributed by atoms with van der Waals surface area (Å²) in [6, 6.07) is 15.1. The molecular formula is C18H19N. The minimum absolute atomic E-state index is 0.0542. The Labute approximate surface area is 114 Å². The van der Waals surface area contributed by atoms with Gasteiger partial charge in [0.05, 0.1) is 11.2 Å². The molecule has 1 heteroatoms. The average molecular weight is 249 g/mol. The van der Waals surface area contributed by atoms with Crippen molar-refractivity contribution < 1.29 is 0 Å². The Kier molecular flexibility index (Phi) is 2.60. The fourth-order valence-electron chi connectivity index (χ4n) is 2.64. The van der Waals surface area contributed by atoms with E-state index in [0.29, 0.717) is 0 Å². The Morgan fingerprint density at radius 2 is 1.53 bits per heavy atom. The van der Waals surface area contributed by atoms with Crippen molar-refractivity contribution in [1.82, 2.24) is 4.98 Å². The summed E-state index contributed by atoms with van der Waals surface area (Å²) in [7, 11) is 0. The van der Waals surface area contributed by atoms with Gasteiger partial charge in [0.15, 0.2) is 0 Å². The van der Waals surface area contributed by atoms with Gasteiger partial charge in [-0.05, 0) is 24.4 Å². The van der Waals surface area contributed by atoms with Crippen molar-refractivity contribution >= 4 is 21.7 Å². The van der Waals surface area contributed by atoms with Gasteiger partial charge in [0, 0.05) is 16.2 Å². The van der Waals surface area contributed by atoms with Crippen molar-refractivity contribution in [3.05, 3.63) is 53.7 Å². The van der Waals surface area contributed by atoms with Crippen molar-refractivity contribution in [3.8, 4) is 0 Å². The number of hydrogen-bond donors (Lipinski definition) is 0. The molecule has 0 fully saturated rings. The van der Waals surface area contributed by atoms with Crippen LogP contribution in [0.25, 0.3) is 21.7 Å². The fraction of sp³-hybridized carbons (Fsp3) is 0.278. The predicted octanol–water partition coefficient (Wildman–Crippen LogP) is 4.99. The second kappa shape index (κ2) is 4.06. The number of pyridine rings is 1. The minimum Gasteiger partial charge on any atom is -0.252 e. The van der Waals surface area contributed by atoms with Crippen molar-refractivity contribution in [2.24, 2.45) is 0 Å². The van der Waals surface area contributed by atoms with Gasteiger partial charge in [-0.25, -0.2) is 0 Å². The molecule has 1 aromatic heterocycles. The molecule has 0 radical (unpaired) electrons. The number of nitrogens with zero attached hydrogens (tertiary/aromatic N) is 1. The summed E-state index contributed by atoms with van der Waals surface area (Å²) >= 11 is 0. The van der Waals surface area contributed by atoms with E-state index in [-0.39, 0.29) is 5.41 Å². The molecule has 0 aliphatic carbocycles. The molecule has 0 amide bonds. The van der Waals surface area contributed by atoms with Crippen molar-refractivity contribution in [1.29, 1.82) is 0 Å². The van der Waals surface area contributed by atoms with E-state index in [2.05, 4.69) is 70.2 Å². The smallest absolute Gasteiger partial charge is 0.0712 e. The summed E-state index contributed by atoms with van der Waals surface area (Å²) in [5.74, 6) is 0. The van der Waals surface area contributed by atoms with E-state index < -0.39 is 0 Å². The van der Waals surface area contributed by atoms with E-state index in [1.807, 2.05) is 0 Å². The fourth-order valence-corrected chi connectivity index (χ4v) is 2.64. The molecule has 0 aliphatic rings. The van der Waals surface area contributed by atoms with Gasteiger partial charge in [-0.15, -0.1) is 0 Å². The van der Waals surface area contributed by atoms with Gasteiger partial charge in [-0.2, -0.15) is 0 Å². The molecule has 0 atom stereocenters. The molecule has 0 unspecified atom stereocenters. The standard InChI is InChI=1S/C18H19N/c1-12-9-10-16-15(11-12)13-7-5-6-8-14(13)17(19-16)18(2,3)4/h5-11H,1-4H3. The van der Waals surface area contributed by atoms with Gasteiger partial charge < -0.3 is 0 Å². The van der Waals surface area contributed by atoms with Gasteiger partial charge in [-0.3, -0.25) is 4.98 Å². The monoisotopic (exact) mass is 249 g/mol. The lowest BCUT2D eigenvalue weighted by molar-refractivity contribution is 0.578. The van der Waals surface area contributed by atoms with Gasteiger partial charge in [0.25, 0.3) is 0 Å². The SMILES string of the molecule is Cc1ccc2nc(C(C)(C)C)c3ccccc3c2c1. The topological polar surface area (TPSA) is 12.9 Å². The molecule has 0 aliphatic heterocycles. The van der Waals surface area contributed by atoms with Crippen LogP contribution in [0.3, 0.4) is 0 Å². The molecule has 3 aromatic rings. The summed E-state index contributed by atoms with van der Waals surface area (Å²) < 4.78 is 0. The maximum Gasteiger partial charge on any atom is 0.0712 e. The highest BCUT2D eigenvalue weighted by atomic mass is 14.7. The van der Waals surface area contributed by atoms with Crippen LogP contribution >= 0.6 is 0 Å². The van der Waals surface area contributed by atoms with Crippen LogP contribution in [0.2, 0.25) is 0 Å². The van der Waals surface area contributed by atoms with Crippen molar-refractivity contribution in [2.45, 2.75) is 33.1 Å². The van der Waals surface area contributed by atoms with Crippen LogP contribution in [0.1, 0.15) is 32.0 Å². The molecule has 0 spiro atoms. The summed E-state index contributed by atoms with van der Waals surface area (Å²) in [6.45, 7) is 8.80. The Balaban J connectivity index is 2.54.